The number of nitrogens with one attached hydrogen (secondary N) is 1. The lowest BCUT2D eigenvalue weighted by atomic mass is 10.1. The van der Waals surface area contributed by atoms with E-state index >= 15 is 0 Å². The zero-order valence-corrected chi connectivity index (χ0v) is 13.9. The van der Waals surface area contributed by atoms with Crippen LogP contribution in [0.5, 0.6) is 0 Å². The zero-order chi connectivity index (χ0) is 15.4. The van der Waals surface area contributed by atoms with Crippen LogP contribution < -0.4 is 5.32 Å². The van der Waals surface area contributed by atoms with Gasteiger partial charge in [0.05, 0.1) is 6.04 Å². The minimum atomic E-state index is -0.902. The summed E-state index contributed by atoms with van der Waals surface area (Å²) >= 11 is 6.27. The third-order valence-electron chi connectivity index (χ3n) is 2.90. The van der Waals surface area contributed by atoms with E-state index in [0.717, 1.165) is 17.7 Å². The number of carbonyl (C=O) groups is 1. The predicted molar refractivity (Wildman–Crippen MR) is 84.5 cm³/mol. The van der Waals surface area contributed by atoms with Gasteiger partial charge in [-0.1, -0.05) is 62.2 Å². The summed E-state index contributed by atoms with van der Waals surface area (Å²) in [6, 6.07) is 10.9. The van der Waals surface area contributed by atoms with Gasteiger partial charge in [-0.2, -0.15) is 0 Å². The lowest BCUT2D eigenvalue weighted by Gasteiger charge is -2.17. The third kappa shape index (κ3) is 3.89. The second-order valence-corrected chi connectivity index (χ2v) is 5.90. The highest BCUT2D eigenvalue weighted by Crippen LogP contribution is 2.21. The molecule has 21 heavy (non-hydrogen) atoms. The van der Waals surface area contributed by atoms with Crippen LogP contribution in [-0.2, 0) is 0 Å². The number of carbonyl (C=O) groups excluding carboxylic acids is 1. The number of hydrogen-bond donors (Lipinski definition) is 1. The molecule has 1 amide bonds. The van der Waals surface area contributed by atoms with E-state index in [9.17, 15) is 13.6 Å². The second kappa shape index (κ2) is 7.13. The highest BCUT2D eigenvalue weighted by atomic mass is 79.9. The molecule has 0 aliphatic rings. The van der Waals surface area contributed by atoms with Crippen LogP contribution in [0.15, 0.2) is 46.9 Å². The van der Waals surface area contributed by atoms with E-state index in [1.165, 1.54) is 0 Å². The Hall–Kier alpha value is -1.27. The summed E-state index contributed by atoms with van der Waals surface area (Å²) in [5.41, 5.74) is 0.265. The fourth-order valence-corrected chi connectivity index (χ4v) is 2.82. The Balaban J connectivity index is 2.25. The molecular formula is C15H11Br2F2NO. The first-order chi connectivity index (χ1) is 10.0. The SMILES string of the molecule is O=C(NC(CBr)c1ccccc1)c1c(F)cc(Br)cc1F. The Labute approximate surface area is 137 Å². The molecule has 2 nitrogen and oxygen atoms in total. The van der Waals surface area contributed by atoms with Crippen LogP contribution in [0.4, 0.5) is 8.78 Å². The number of benzene rings is 2. The Morgan fingerprint density at radius 2 is 1.71 bits per heavy atom. The van der Waals surface area contributed by atoms with Crippen LogP contribution in [-0.4, -0.2) is 11.2 Å². The maximum absolute atomic E-state index is 13.8. The van der Waals surface area contributed by atoms with Gasteiger partial charge >= 0.3 is 0 Å². The first kappa shape index (κ1) is 16.1. The molecule has 0 heterocycles. The molecule has 0 spiro atoms. The van der Waals surface area contributed by atoms with Gasteiger partial charge in [0, 0.05) is 9.80 Å². The van der Waals surface area contributed by atoms with Gasteiger partial charge < -0.3 is 5.32 Å². The van der Waals surface area contributed by atoms with Crippen LogP contribution in [0, 0.1) is 11.6 Å². The maximum atomic E-state index is 13.8. The molecule has 1 atom stereocenters. The molecule has 2 aromatic carbocycles. The van der Waals surface area contributed by atoms with Crippen molar-refractivity contribution in [3.05, 3.63) is 69.7 Å². The monoisotopic (exact) mass is 417 g/mol. The molecule has 6 heteroatoms. The number of halogens is 4. The lowest BCUT2D eigenvalue weighted by Crippen LogP contribution is -2.31. The topological polar surface area (TPSA) is 29.1 Å². The van der Waals surface area contributed by atoms with E-state index in [2.05, 4.69) is 37.2 Å². The quantitative estimate of drug-likeness (QED) is 0.722. The first-order valence-corrected chi connectivity index (χ1v) is 8.00. The average molecular weight is 419 g/mol. The number of amides is 1. The normalized spacial score (nSPS) is 12.0. The van der Waals surface area contributed by atoms with Gasteiger partial charge in [-0.05, 0) is 17.7 Å². The van der Waals surface area contributed by atoms with Gasteiger partial charge in [0.25, 0.3) is 5.91 Å². The van der Waals surface area contributed by atoms with E-state index < -0.39 is 23.1 Å². The molecule has 0 fully saturated rings. The number of alkyl halides is 1. The summed E-state index contributed by atoms with van der Waals surface area (Å²) in [5, 5.41) is 3.05. The largest absolute Gasteiger partial charge is 0.344 e. The van der Waals surface area contributed by atoms with Crippen molar-refractivity contribution < 1.29 is 13.6 Å². The molecule has 1 N–H and O–H groups in total. The Morgan fingerprint density at radius 1 is 1.14 bits per heavy atom. The molecule has 0 aliphatic heterocycles. The van der Waals surface area contributed by atoms with E-state index in [0.29, 0.717) is 5.33 Å². The van der Waals surface area contributed by atoms with Crippen molar-refractivity contribution in [2.24, 2.45) is 0 Å². The van der Waals surface area contributed by atoms with Gasteiger partial charge in [-0.3, -0.25) is 4.79 Å². The van der Waals surface area contributed by atoms with Crippen molar-refractivity contribution in [3.8, 4) is 0 Å². The minimum Gasteiger partial charge on any atom is -0.344 e. The summed E-state index contributed by atoms with van der Waals surface area (Å²) in [5.74, 6) is -2.59. The summed E-state index contributed by atoms with van der Waals surface area (Å²) in [6.45, 7) is 0. The highest BCUT2D eigenvalue weighted by molar-refractivity contribution is 9.10. The lowest BCUT2D eigenvalue weighted by molar-refractivity contribution is 0.0932. The van der Waals surface area contributed by atoms with Gasteiger partial charge in [0.1, 0.15) is 17.2 Å². The fraction of sp³-hybridized carbons (Fsp3) is 0.133. The van der Waals surface area contributed by atoms with Crippen molar-refractivity contribution >= 4 is 37.8 Å². The third-order valence-corrected chi connectivity index (χ3v) is 4.00. The first-order valence-electron chi connectivity index (χ1n) is 6.09. The highest BCUT2D eigenvalue weighted by Gasteiger charge is 2.21. The molecule has 0 saturated carbocycles. The van der Waals surface area contributed by atoms with Crippen molar-refractivity contribution in [1.29, 1.82) is 0 Å². The number of rotatable bonds is 4. The van der Waals surface area contributed by atoms with Crippen molar-refractivity contribution in [2.75, 3.05) is 5.33 Å². The van der Waals surface area contributed by atoms with Crippen LogP contribution in [0.3, 0.4) is 0 Å². The Morgan fingerprint density at radius 3 is 2.24 bits per heavy atom. The van der Waals surface area contributed by atoms with Gasteiger partial charge in [-0.25, -0.2) is 8.78 Å². The molecular weight excluding hydrogens is 408 g/mol. The van der Waals surface area contributed by atoms with Crippen LogP contribution >= 0.6 is 31.9 Å². The molecule has 2 aromatic rings. The minimum absolute atomic E-state index is 0.245. The molecule has 1 unspecified atom stereocenters. The zero-order valence-electron chi connectivity index (χ0n) is 10.7. The van der Waals surface area contributed by atoms with Crippen molar-refractivity contribution in [3.63, 3.8) is 0 Å². The number of hydrogen-bond acceptors (Lipinski definition) is 1. The molecule has 110 valence electrons. The van der Waals surface area contributed by atoms with Crippen LogP contribution in [0.2, 0.25) is 0 Å². The summed E-state index contributed by atoms with van der Waals surface area (Å²) in [6.07, 6.45) is 0. The van der Waals surface area contributed by atoms with Crippen molar-refractivity contribution in [2.45, 2.75) is 6.04 Å². The molecule has 0 aliphatic carbocycles. The summed E-state index contributed by atoms with van der Waals surface area (Å²) in [7, 11) is 0. The van der Waals surface area contributed by atoms with Gasteiger partial charge in [0.2, 0.25) is 0 Å². The van der Waals surface area contributed by atoms with Crippen LogP contribution in [0.25, 0.3) is 0 Å². The second-order valence-electron chi connectivity index (χ2n) is 4.34. The average Bonchev–Trinajstić information content (AvgIpc) is 2.44. The van der Waals surface area contributed by atoms with Gasteiger partial charge in [-0.15, -0.1) is 0 Å². The molecule has 0 radical (unpaired) electrons. The van der Waals surface area contributed by atoms with E-state index in [4.69, 9.17) is 0 Å². The van der Waals surface area contributed by atoms with Crippen molar-refractivity contribution in [1.82, 2.24) is 5.32 Å². The molecule has 2 rings (SSSR count). The Bertz CT molecular complexity index is 626. The van der Waals surface area contributed by atoms with E-state index in [1.807, 2.05) is 30.3 Å². The standard InChI is InChI=1S/C15H11Br2F2NO/c16-8-13(9-4-2-1-3-5-9)20-15(21)14-11(18)6-10(17)7-12(14)19/h1-7,13H,8H2,(H,20,21). The fourth-order valence-electron chi connectivity index (χ4n) is 1.89. The maximum Gasteiger partial charge on any atom is 0.257 e. The van der Waals surface area contributed by atoms with E-state index in [-0.39, 0.29) is 10.5 Å². The van der Waals surface area contributed by atoms with Crippen LogP contribution in [0.1, 0.15) is 22.0 Å². The summed E-state index contributed by atoms with van der Waals surface area (Å²) < 4.78 is 27.8. The smallest absolute Gasteiger partial charge is 0.257 e. The molecule has 0 saturated heterocycles. The summed E-state index contributed by atoms with van der Waals surface area (Å²) in [4.78, 5) is 12.1. The Kier molecular flexibility index (Phi) is 5.47. The van der Waals surface area contributed by atoms with E-state index in [1.54, 1.807) is 0 Å². The van der Waals surface area contributed by atoms with Gasteiger partial charge in [0.15, 0.2) is 0 Å². The predicted octanol–water partition coefficient (Wildman–Crippen LogP) is 4.59. The molecule has 0 aromatic heterocycles. The molecule has 0 bridgehead atoms.